The summed E-state index contributed by atoms with van der Waals surface area (Å²) in [4.78, 5) is 33.7. The smallest absolute Gasteiger partial charge is 0.253 e. The Kier molecular flexibility index (Phi) is 5.35. The zero-order chi connectivity index (χ0) is 19.7. The third-order valence-corrected chi connectivity index (χ3v) is 6.53. The van der Waals surface area contributed by atoms with Crippen LogP contribution < -0.4 is 10.2 Å². The van der Waals surface area contributed by atoms with Crippen molar-refractivity contribution < 1.29 is 9.59 Å². The molecule has 148 valence electrons. The Balaban J connectivity index is 1.35. The summed E-state index contributed by atoms with van der Waals surface area (Å²) in [7, 11) is 0. The van der Waals surface area contributed by atoms with Crippen molar-refractivity contribution in [3.05, 3.63) is 40.9 Å². The number of aryl methyl sites for hydroxylation is 1. The zero-order valence-electron chi connectivity index (χ0n) is 16.4. The van der Waals surface area contributed by atoms with Gasteiger partial charge in [-0.15, -0.1) is 11.3 Å². The van der Waals surface area contributed by atoms with Crippen molar-refractivity contribution >= 4 is 34.0 Å². The minimum Gasteiger partial charge on any atom is -0.346 e. The van der Waals surface area contributed by atoms with Crippen molar-refractivity contribution in [1.82, 2.24) is 9.88 Å². The van der Waals surface area contributed by atoms with Crippen LogP contribution in [0.15, 0.2) is 29.6 Å². The highest BCUT2D eigenvalue weighted by Gasteiger charge is 2.39. The lowest BCUT2D eigenvalue weighted by atomic mass is 10.1. The first kappa shape index (κ1) is 18.9. The van der Waals surface area contributed by atoms with E-state index in [-0.39, 0.29) is 17.7 Å². The number of thiazole rings is 1. The maximum absolute atomic E-state index is 12.9. The fraction of sp³-hybridized carbons (Fsp3) is 0.476. The summed E-state index contributed by atoms with van der Waals surface area (Å²) in [6.07, 6.45) is 1.90. The summed E-state index contributed by atoms with van der Waals surface area (Å²) in [5.74, 6) is 0.752. The molecule has 1 aromatic heterocycles. The van der Waals surface area contributed by atoms with Crippen molar-refractivity contribution in [2.45, 2.75) is 26.7 Å². The molecule has 2 aromatic rings. The van der Waals surface area contributed by atoms with Crippen LogP contribution in [0.5, 0.6) is 0 Å². The van der Waals surface area contributed by atoms with Crippen LogP contribution >= 0.6 is 11.3 Å². The molecule has 2 aliphatic rings. The van der Waals surface area contributed by atoms with Gasteiger partial charge in [0.2, 0.25) is 5.91 Å². The molecule has 6 nitrogen and oxygen atoms in total. The van der Waals surface area contributed by atoms with Crippen LogP contribution in [0.1, 0.15) is 35.8 Å². The topological polar surface area (TPSA) is 65.5 Å². The van der Waals surface area contributed by atoms with Crippen molar-refractivity contribution in [2.24, 2.45) is 11.8 Å². The fourth-order valence-electron chi connectivity index (χ4n) is 3.60. The number of hydrogen-bond donors (Lipinski definition) is 1. The highest BCUT2D eigenvalue weighted by Crippen LogP contribution is 2.38. The quantitative estimate of drug-likeness (QED) is 0.857. The second kappa shape index (κ2) is 7.91. The molecule has 1 aliphatic heterocycles. The summed E-state index contributed by atoms with van der Waals surface area (Å²) < 4.78 is 0. The zero-order valence-corrected chi connectivity index (χ0v) is 17.2. The third-order valence-electron chi connectivity index (χ3n) is 5.51. The average molecular weight is 399 g/mol. The number of carbonyl (C=O) groups excluding carboxylic acids is 2. The van der Waals surface area contributed by atoms with Crippen molar-refractivity contribution in [3.63, 3.8) is 0 Å². The molecule has 1 aromatic carbocycles. The maximum Gasteiger partial charge on any atom is 0.253 e. The molecule has 0 spiro atoms. The first-order valence-electron chi connectivity index (χ1n) is 9.88. The predicted octanol–water partition coefficient (Wildman–Crippen LogP) is 3.40. The van der Waals surface area contributed by atoms with E-state index >= 15 is 0 Å². The van der Waals surface area contributed by atoms with Crippen LogP contribution in [0.3, 0.4) is 0 Å². The Bertz CT molecular complexity index is 864. The highest BCUT2D eigenvalue weighted by molar-refractivity contribution is 7.13. The number of nitrogens with one attached hydrogen (secondary N) is 1. The van der Waals surface area contributed by atoms with E-state index in [0.717, 1.165) is 49.0 Å². The molecule has 2 fully saturated rings. The van der Waals surface area contributed by atoms with Crippen LogP contribution in [-0.4, -0.2) is 47.9 Å². The number of aromatic nitrogens is 1. The Hall–Kier alpha value is -2.41. The molecule has 1 saturated carbocycles. The predicted molar refractivity (Wildman–Crippen MR) is 112 cm³/mol. The Morgan fingerprint density at radius 1 is 1.14 bits per heavy atom. The maximum atomic E-state index is 12.9. The lowest BCUT2D eigenvalue weighted by Crippen LogP contribution is -2.35. The Labute approximate surface area is 169 Å². The molecule has 7 heteroatoms. The van der Waals surface area contributed by atoms with E-state index in [1.54, 1.807) is 23.5 Å². The van der Waals surface area contributed by atoms with Gasteiger partial charge in [-0.1, -0.05) is 6.92 Å². The van der Waals surface area contributed by atoms with E-state index in [2.05, 4.69) is 27.5 Å². The molecule has 1 aliphatic carbocycles. The number of rotatable bonds is 4. The van der Waals surface area contributed by atoms with Gasteiger partial charge in [0.25, 0.3) is 5.91 Å². The molecular weight excluding hydrogens is 372 g/mol. The summed E-state index contributed by atoms with van der Waals surface area (Å²) in [6, 6.07) is 7.25. The Morgan fingerprint density at radius 3 is 2.54 bits per heavy atom. The van der Waals surface area contributed by atoms with Gasteiger partial charge in [-0.25, -0.2) is 4.98 Å². The molecular formula is C21H26N4O2S. The number of carbonyl (C=O) groups is 2. The minimum absolute atomic E-state index is 0.0471. The summed E-state index contributed by atoms with van der Waals surface area (Å²) in [5.41, 5.74) is 2.46. The van der Waals surface area contributed by atoms with Crippen molar-refractivity contribution in [1.29, 1.82) is 0 Å². The van der Waals surface area contributed by atoms with E-state index < -0.39 is 0 Å². The molecule has 0 bridgehead atoms. The van der Waals surface area contributed by atoms with Gasteiger partial charge in [0.05, 0.1) is 5.69 Å². The van der Waals surface area contributed by atoms with Gasteiger partial charge >= 0.3 is 0 Å². The van der Waals surface area contributed by atoms with Gasteiger partial charge in [-0.3, -0.25) is 9.59 Å². The Morgan fingerprint density at radius 2 is 1.89 bits per heavy atom. The molecule has 1 N–H and O–H groups in total. The third kappa shape index (κ3) is 4.19. The summed E-state index contributed by atoms with van der Waals surface area (Å²) >= 11 is 1.66. The molecule has 2 atom stereocenters. The highest BCUT2D eigenvalue weighted by atomic mass is 32.1. The van der Waals surface area contributed by atoms with Gasteiger partial charge in [0.1, 0.15) is 0 Å². The summed E-state index contributed by atoms with van der Waals surface area (Å²) in [5, 5.41) is 6.04. The minimum atomic E-state index is 0.0471. The molecule has 0 radical (unpaired) electrons. The second-order valence-electron chi connectivity index (χ2n) is 7.79. The van der Waals surface area contributed by atoms with Crippen LogP contribution in [0.2, 0.25) is 0 Å². The fourth-order valence-corrected chi connectivity index (χ4v) is 4.46. The van der Waals surface area contributed by atoms with Gasteiger partial charge < -0.3 is 15.1 Å². The van der Waals surface area contributed by atoms with E-state index in [0.29, 0.717) is 18.0 Å². The SMILES string of the molecule is Cc1csc(N2CCCN(C(=O)c3ccc(NC(=O)C4CC4C)cc3)CC2)n1. The van der Waals surface area contributed by atoms with E-state index in [4.69, 9.17) is 0 Å². The van der Waals surface area contributed by atoms with Crippen LogP contribution in [0, 0.1) is 18.8 Å². The standard InChI is InChI=1S/C21H26N4O2S/c1-14-12-18(14)19(26)23-17-6-4-16(5-7-17)20(27)24-8-3-9-25(11-10-24)21-22-15(2)13-28-21/h4-7,13-14,18H,3,8-12H2,1-2H3,(H,23,26). The van der Waals surface area contributed by atoms with Crippen LogP contribution in [0.25, 0.3) is 0 Å². The monoisotopic (exact) mass is 398 g/mol. The van der Waals surface area contributed by atoms with Gasteiger partial charge in [-0.2, -0.15) is 0 Å². The molecule has 2 amide bonds. The van der Waals surface area contributed by atoms with Crippen molar-refractivity contribution in [3.8, 4) is 0 Å². The number of anilines is 2. The average Bonchev–Trinajstić information content (AvgIpc) is 3.36. The number of amides is 2. The number of nitrogens with zero attached hydrogens (tertiary/aromatic N) is 3. The lowest BCUT2D eigenvalue weighted by molar-refractivity contribution is -0.117. The molecule has 2 heterocycles. The molecule has 2 unspecified atom stereocenters. The molecule has 4 rings (SSSR count). The lowest BCUT2D eigenvalue weighted by Gasteiger charge is -2.22. The number of hydrogen-bond acceptors (Lipinski definition) is 5. The largest absolute Gasteiger partial charge is 0.346 e. The first-order chi connectivity index (χ1) is 13.5. The molecule has 1 saturated heterocycles. The molecule has 28 heavy (non-hydrogen) atoms. The van der Waals surface area contributed by atoms with Crippen LogP contribution in [-0.2, 0) is 4.79 Å². The van der Waals surface area contributed by atoms with E-state index in [9.17, 15) is 9.59 Å². The first-order valence-corrected chi connectivity index (χ1v) is 10.8. The van der Waals surface area contributed by atoms with Gasteiger partial charge in [0, 0.05) is 48.7 Å². The second-order valence-corrected chi connectivity index (χ2v) is 8.63. The van der Waals surface area contributed by atoms with E-state index in [1.165, 1.54) is 0 Å². The van der Waals surface area contributed by atoms with Gasteiger partial charge in [-0.05, 0) is 49.9 Å². The normalized spacial score (nSPS) is 21.9. The van der Waals surface area contributed by atoms with E-state index in [1.807, 2.05) is 24.0 Å². The number of benzene rings is 1. The summed E-state index contributed by atoms with van der Waals surface area (Å²) in [6.45, 7) is 7.25. The van der Waals surface area contributed by atoms with Crippen molar-refractivity contribution in [2.75, 3.05) is 36.4 Å². The van der Waals surface area contributed by atoms with Gasteiger partial charge in [0.15, 0.2) is 5.13 Å². The van der Waals surface area contributed by atoms with Crippen LogP contribution in [0.4, 0.5) is 10.8 Å².